The highest BCUT2D eigenvalue weighted by Gasteiger charge is 2.63. The molecule has 0 N–H and O–H groups in total. The molecule has 8 rings (SSSR count). The second-order valence-corrected chi connectivity index (χ2v) is 15.8. The van der Waals surface area contributed by atoms with Crippen LogP contribution in [0.15, 0.2) is 0 Å². The van der Waals surface area contributed by atoms with E-state index in [0.717, 1.165) is 59.2 Å². The van der Waals surface area contributed by atoms with Crippen molar-refractivity contribution in [1.82, 2.24) is 0 Å². The Morgan fingerprint density at radius 3 is 0.600 bits per heavy atom. The molecule has 8 fully saturated rings. The lowest BCUT2D eigenvalue weighted by Crippen LogP contribution is -2.63. The summed E-state index contributed by atoms with van der Waals surface area (Å²) in [5, 5.41) is 0. The average molecular weight is 413 g/mol. The molecule has 0 atom stereocenters. The van der Waals surface area contributed by atoms with Crippen LogP contribution in [0.2, 0.25) is 0 Å². The third-order valence-corrected chi connectivity index (χ3v) is 12.4. The molecule has 0 saturated heterocycles. The Labute approximate surface area is 188 Å². The summed E-state index contributed by atoms with van der Waals surface area (Å²) in [7, 11) is 0. The molecule has 0 aromatic rings. The molecule has 0 aromatic carbocycles. The first-order valence-electron chi connectivity index (χ1n) is 13.7. The van der Waals surface area contributed by atoms with E-state index in [2.05, 4.69) is 69.2 Å². The van der Waals surface area contributed by atoms with Gasteiger partial charge in [0.15, 0.2) is 0 Å². The van der Waals surface area contributed by atoms with Gasteiger partial charge in [-0.1, -0.05) is 69.2 Å². The summed E-state index contributed by atoms with van der Waals surface area (Å²) >= 11 is 0. The zero-order chi connectivity index (χ0) is 22.0. The van der Waals surface area contributed by atoms with E-state index in [0.29, 0.717) is 21.7 Å². The largest absolute Gasteiger partial charge is 0.0619 e. The van der Waals surface area contributed by atoms with Gasteiger partial charge < -0.3 is 0 Å². The van der Waals surface area contributed by atoms with Crippen molar-refractivity contribution in [1.29, 1.82) is 0 Å². The summed E-state index contributed by atoms with van der Waals surface area (Å²) in [6.45, 7) is 25.5. The molecule has 0 radical (unpaired) electrons. The first-order chi connectivity index (χ1) is 13.7. The van der Waals surface area contributed by atoms with Crippen molar-refractivity contribution in [2.24, 2.45) is 80.8 Å². The van der Waals surface area contributed by atoms with Gasteiger partial charge in [-0.25, -0.2) is 0 Å². The molecule has 8 aliphatic carbocycles. The predicted octanol–water partition coefficient (Wildman–Crippen LogP) is 8.70. The Morgan fingerprint density at radius 1 is 0.333 bits per heavy atom. The van der Waals surface area contributed by atoms with Crippen LogP contribution in [0.1, 0.15) is 108 Å². The molecule has 0 heterocycles. The average Bonchev–Trinajstić information content (AvgIpc) is 2.47. The smallest absolute Gasteiger partial charge is 0.0310 e. The number of rotatable bonds is 0. The van der Waals surface area contributed by atoms with Crippen molar-refractivity contribution in [3.63, 3.8) is 0 Å². The maximum absolute atomic E-state index is 2.55. The van der Waals surface area contributed by atoms with Crippen molar-refractivity contribution >= 4 is 0 Å². The van der Waals surface area contributed by atoms with E-state index in [4.69, 9.17) is 0 Å². The molecule has 8 bridgehead atoms. The van der Waals surface area contributed by atoms with Gasteiger partial charge in [0.25, 0.3) is 0 Å². The minimum Gasteiger partial charge on any atom is -0.0619 e. The number of hydrogen-bond donors (Lipinski definition) is 0. The fourth-order valence-corrected chi connectivity index (χ4v) is 14.2. The Hall–Kier alpha value is 0. The maximum atomic E-state index is 2.55. The third-order valence-electron chi connectivity index (χ3n) is 12.4. The molecular formula is C30H52. The van der Waals surface area contributed by atoms with Crippen molar-refractivity contribution < 1.29 is 0 Å². The molecule has 8 saturated carbocycles. The van der Waals surface area contributed by atoms with Gasteiger partial charge in [0.1, 0.15) is 0 Å². The van der Waals surface area contributed by atoms with Crippen LogP contribution in [0.3, 0.4) is 0 Å². The Kier molecular flexibility index (Phi) is 4.59. The normalized spacial score (nSPS) is 67.4. The van der Waals surface area contributed by atoms with Crippen molar-refractivity contribution in [3.8, 4) is 0 Å². The van der Waals surface area contributed by atoms with Gasteiger partial charge in [0.2, 0.25) is 0 Å². The summed E-state index contributed by atoms with van der Waals surface area (Å²) in [4.78, 5) is 0. The molecule has 0 unspecified atom stereocenters. The minimum atomic E-state index is 0.688. The van der Waals surface area contributed by atoms with Crippen LogP contribution in [0.4, 0.5) is 0 Å². The lowest BCUT2D eigenvalue weighted by molar-refractivity contribution is -0.206. The second kappa shape index (κ2) is 6.32. The molecule has 172 valence electrons. The molecule has 0 heteroatoms. The van der Waals surface area contributed by atoms with E-state index >= 15 is 0 Å². The summed E-state index contributed by atoms with van der Waals surface area (Å²) in [5.74, 6) is 10.0. The molecule has 0 nitrogen and oxygen atoms in total. The van der Waals surface area contributed by atoms with Crippen LogP contribution in [-0.2, 0) is 0 Å². The van der Waals surface area contributed by atoms with Crippen LogP contribution < -0.4 is 0 Å². The van der Waals surface area contributed by atoms with Crippen molar-refractivity contribution in [2.75, 3.05) is 0 Å². The molecule has 0 aromatic heterocycles. The van der Waals surface area contributed by atoms with E-state index in [1.54, 1.807) is 0 Å². The lowest BCUT2D eigenvalue weighted by Gasteiger charge is -2.68. The van der Waals surface area contributed by atoms with Crippen LogP contribution in [0.25, 0.3) is 0 Å². The third kappa shape index (κ3) is 2.89. The lowest BCUT2D eigenvalue weighted by atomic mass is 9.37. The van der Waals surface area contributed by atoms with Crippen LogP contribution in [0, 0.1) is 80.8 Å². The quantitative estimate of drug-likeness (QED) is 0.373. The zero-order valence-electron chi connectivity index (χ0n) is 22.0. The van der Waals surface area contributed by atoms with Crippen LogP contribution >= 0.6 is 0 Å². The summed E-state index contributed by atoms with van der Waals surface area (Å²) in [6, 6.07) is 0. The first kappa shape index (κ1) is 21.8. The fraction of sp³-hybridized carbons (Fsp3) is 1.00. The molecule has 0 amide bonds. The molecule has 30 heavy (non-hydrogen) atoms. The highest BCUT2D eigenvalue weighted by atomic mass is 14.7. The topological polar surface area (TPSA) is 0 Å². The van der Waals surface area contributed by atoms with Gasteiger partial charge in [0, 0.05) is 0 Å². The highest BCUT2D eigenvalue weighted by molar-refractivity contribution is 5.13. The van der Waals surface area contributed by atoms with Gasteiger partial charge in [-0.15, -0.1) is 0 Å². The minimum absolute atomic E-state index is 0.688. The van der Waals surface area contributed by atoms with Gasteiger partial charge in [0.05, 0.1) is 0 Å². The van der Waals surface area contributed by atoms with E-state index in [1.807, 2.05) is 0 Å². The van der Waals surface area contributed by atoms with Crippen LogP contribution in [0.5, 0.6) is 0 Å². The van der Waals surface area contributed by atoms with Gasteiger partial charge >= 0.3 is 0 Å². The van der Waals surface area contributed by atoms with Gasteiger partial charge in [-0.05, 0) is 119 Å². The van der Waals surface area contributed by atoms with Gasteiger partial charge in [-0.2, -0.15) is 0 Å². The molecule has 0 aliphatic heterocycles. The zero-order valence-corrected chi connectivity index (χ0v) is 22.0. The Bertz CT molecular complexity index is 506. The van der Waals surface area contributed by atoms with Gasteiger partial charge in [-0.3, -0.25) is 0 Å². The molecular weight excluding hydrogens is 360 g/mol. The molecule has 0 spiro atoms. The second-order valence-electron chi connectivity index (χ2n) is 15.8. The molecule has 8 aliphatic rings. The maximum Gasteiger partial charge on any atom is -0.0310 e. The first-order valence-corrected chi connectivity index (χ1v) is 13.7. The predicted molar refractivity (Wildman–Crippen MR) is 129 cm³/mol. The Morgan fingerprint density at radius 2 is 0.467 bits per heavy atom. The fourth-order valence-electron chi connectivity index (χ4n) is 14.2. The van der Waals surface area contributed by atoms with E-state index in [1.165, 1.54) is 38.5 Å². The standard InChI is InChI=1S/C16H28.C14H24/c1-7-13-8(2)15-10(4)14(7)11(5)16(9(13)3)12(15)6;1-11-5-12(2)8-13(3,6-11)10-14(4,7-11)9-12/h7-16H,1-6H3;5-10H2,1-4H3. The Balaban J connectivity index is 0.000000130. The van der Waals surface area contributed by atoms with E-state index in [-0.39, 0.29) is 0 Å². The highest BCUT2D eigenvalue weighted by Crippen LogP contribution is 2.73. The summed E-state index contributed by atoms with van der Waals surface area (Å²) in [6.07, 6.45) is 9.03. The summed E-state index contributed by atoms with van der Waals surface area (Å²) < 4.78 is 0. The van der Waals surface area contributed by atoms with E-state index in [9.17, 15) is 0 Å². The van der Waals surface area contributed by atoms with Crippen LogP contribution in [-0.4, -0.2) is 0 Å². The van der Waals surface area contributed by atoms with Crippen molar-refractivity contribution in [3.05, 3.63) is 0 Å². The van der Waals surface area contributed by atoms with E-state index < -0.39 is 0 Å². The summed E-state index contributed by atoms with van der Waals surface area (Å²) in [5.41, 5.74) is 2.75. The van der Waals surface area contributed by atoms with Crippen molar-refractivity contribution in [2.45, 2.75) is 108 Å². The SMILES string of the molecule is CC12CC3(C)CC(C)(C1)CC(C)(C2)C3.CC1C2C(C)C3C(C)C1C(C)C(C2C)C3C. The number of hydrogen-bond acceptors (Lipinski definition) is 0. The monoisotopic (exact) mass is 412 g/mol.